The number of hydrogen-bond donors (Lipinski definition) is 2. The van der Waals surface area contributed by atoms with Crippen LogP contribution in [-0.2, 0) is 6.42 Å². The van der Waals surface area contributed by atoms with E-state index in [0.717, 1.165) is 12.8 Å². The maximum Gasteiger partial charge on any atom is 0.0412 e. The van der Waals surface area contributed by atoms with E-state index < -0.39 is 0 Å². The van der Waals surface area contributed by atoms with Gasteiger partial charge in [-0.15, -0.1) is 0 Å². The van der Waals surface area contributed by atoms with Gasteiger partial charge in [0.2, 0.25) is 0 Å². The molecule has 0 radical (unpaired) electrons. The molecule has 1 aromatic rings. The van der Waals surface area contributed by atoms with E-state index in [0.29, 0.717) is 12.1 Å². The predicted molar refractivity (Wildman–Crippen MR) is 65.1 cm³/mol. The lowest BCUT2D eigenvalue weighted by atomic mass is 10.1. The summed E-state index contributed by atoms with van der Waals surface area (Å²) in [5, 5.41) is 3.52. The van der Waals surface area contributed by atoms with Crippen molar-refractivity contribution in [2.75, 3.05) is 5.32 Å². The molecule has 2 rings (SSSR count). The third-order valence-electron chi connectivity index (χ3n) is 3.28. The normalized spacial score (nSPS) is 25.5. The number of nitrogens with one attached hydrogen (secondary N) is 1. The molecular weight excluding hydrogens is 184 g/mol. The van der Waals surface area contributed by atoms with E-state index in [9.17, 15) is 0 Å². The Morgan fingerprint density at radius 1 is 1.27 bits per heavy atom. The van der Waals surface area contributed by atoms with Crippen molar-refractivity contribution in [2.24, 2.45) is 5.73 Å². The van der Waals surface area contributed by atoms with Gasteiger partial charge >= 0.3 is 0 Å². The molecule has 15 heavy (non-hydrogen) atoms. The smallest absolute Gasteiger partial charge is 0.0412 e. The van der Waals surface area contributed by atoms with E-state index in [4.69, 9.17) is 5.73 Å². The van der Waals surface area contributed by atoms with Gasteiger partial charge in [0.05, 0.1) is 0 Å². The predicted octanol–water partition coefficient (Wildman–Crippen LogP) is 2.54. The third-order valence-corrected chi connectivity index (χ3v) is 3.28. The van der Waals surface area contributed by atoms with Crippen molar-refractivity contribution in [3.63, 3.8) is 0 Å². The highest BCUT2D eigenvalue weighted by molar-refractivity contribution is 5.46. The van der Waals surface area contributed by atoms with Gasteiger partial charge in [-0.1, -0.05) is 19.1 Å². The summed E-state index contributed by atoms with van der Waals surface area (Å²) < 4.78 is 0. The summed E-state index contributed by atoms with van der Waals surface area (Å²) in [5.74, 6) is 0. The molecule has 0 unspecified atom stereocenters. The SMILES string of the molecule is CCc1ccc(N[C@@H]2CCC[C@@H]2N)cc1. The maximum atomic E-state index is 6.02. The summed E-state index contributed by atoms with van der Waals surface area (Å²) in [7, 11) is 0. The van der Waals surface area contributed by atoms with E-state index in [1.54, 1.807) is 0 Å². The Hall–Kier alpha value is -1.02. The molecule has 82 valence electrons. The largest absolute Gasteiger partial charge is 0.381 e. The number of aryl methyl sites for hydroxylation is 1. The number of nitrogens with two attached hydrogens (primary N) is 1. The molecule has 1 aromatic carbocycles. The fourth-order valence-corrected chi connectivity index (χ4v) is 2.22. The van der Waals surface area contributed by atoms with Crippen molar-refractivity contribution in [2.45, 2.75) is 44.7 Å². The first kappa shape index (κ1) is 10.5. The molecular formula is C13H20N2. The Balaban J connectivity index is 1.98. The van der Waals surface area contributed by atoms with E-state index in [1.165, 1.54) is 24.1 Å². The third kappa shape index (κ3) is 2.51. The molecule has 0 aliphatic heterocycles. The Labute approximate surface area is 91.9 Å². The zero-order chi connectivity index (χ0) is 10.7. The number of anilines is 1. The second kappa shape index (κ2) is 4.67. The van der Waals surface area contributed by atoms with Gasteiger partial charge in [-0.2, -0.15) is 0 Å². The minimum atomic E-state index is 0.329. The molecule has 0 amide bonds. The summed E-state index contributed by atoms with van der Waals surface area (Å²) in [6.45, 7) is 2.18. The highest BCUT2D eigenvalue weighted by Crippen LogP contribution is 2.21. The average molecular weight is 204 g/mol. The molecule has 2 atom stereocenters. The van der Waals surface area contributed by atoms with Crippen molar-refractivity contribution in [1.29, 1.82) is 0 Å². The van der Waals surface area contributed by atoms with Crippen LogP contribution < -0.4 is 11.1 Å². The molecule has 2 nitrogen and oxygen atoms in total. The lowest BCUT2D eigenvalue weighted by molar-refractivity contribution is 0.638. The van der Waals surface area contributed by atoms with Crippen molar-refractivity contribution < 1.29 is 0 Å². The molecule has 1 aliphatic carbocycles. The molecule has 2 heteroatoms. The van der Waals surface area contributed by atoms with Crippen molar-refractivity contribution in [1.82, 2.24) is 0 Å². The second-order valence-corrected chi connectivity index (χ2v) is 4.40. The first-order chi connectivity index (χ1) is 7.29. The fraction of sp³-hybridized carbons (Fsp3) is 0.538. The molecule has 0 saturated heterocycles. The lowest BCUT2D eigenvalue weighted by Gasteiger charge is -2.18. The summed E-state index contributed by atoms with van der Waals surface area (Å²) in [6.07, 6.45) is 4.72. The Bertz CT molecular complexity index is 305. The van der Waals surface area contributed by atoms with Gasteiger partial charge in [0, 0.05) is 17.8 Å². The molecule has 0 heterocycles. The maximum absolute atomic E-state index is 6.02. The van der Waals surface area contributed by atoms with Crippen LogP contribution in [0.1, 0.15) is 31.7 Å². The molecule has 3 N–H and O–H groups in total. The van der Waals surface area contributed by atoms with Crippen molar-refractivity contribution >= 4 is 5.69 Å². The van der Waals surface area contributed by atoms with Gasteiger partial charge < -0.3 is 11.1 Å². The van der Waals surface area contributed by atoms with Crippen LogP contribution in [0.25, 0.3) is 0 Å². The van der Waals surface area contributed by atoms with Gasteiger partial charge in [0.1, 0.15) is 0 Å². The standard InChI is InChI=1S/C13H20N2/c1-2-10-6-8-11(9-7-10)15-13-5-3-4-12(13)14/h6-9,12-13,15H,2-5,14H2,1H3/t12-,13+/m0/s1. The zero-order valence-corrected chi connectivity index (χ0v) is 9.37. The van der Waals surface area contributed by atoms with Crippen molar-refractivity contribution in [3.05, 3.63) is 29.8 Å². The van der Waals surface area contributed by atoms with Crippen LogP contribution in [0.15, 0.2) is 24.3 Å². The van der Waals surface area contributed by atoms with Gasteiger partial charge in [0.15, 0.2) is 0 Å². The van der Waals surface area contributed by atoms with Crippen LogP contribution in [-0.4, -0.2) is 12.1 Å². The van der Waals surface area contributed by atoms with Crippen LogP contribution in [0.3, 0.4) is 0 Å². The Morgan fingerprint density at radius 3 is 2.53 bits per heavy atom. The summed E-state index contributed by atoms with van der Waals surface area (Å²) in [6, 6.07) is 9.48. The molecule has 1 fully saturated rings. The van der Waals surface area contributed by atoms with Crippen LogP contribution >= 0.6 is 0 Å². The monoisotopic (exact) mass is 204 g/mol. The van der Waals surface area contributed by atoms with E-state index in [2.05, 4.69) is 36.5 Å². The fourth-order valence-electron chi connectivity index (χ4n) is 2.22. The number of hydrogen-bond acceptors (Lipinski definition) is 2. The number of rotatable bonds is 3. The van der Waals surface area contributed by atoms with Gasteiger partial charge in [0.25, 0.3) is 0 Å². The topological polar surface area (TPSA) is 38.0 Å². The molecule has 1 saturated carbocycles. The molecule has 0 aromatic heterocycles. The van der Waals surface area contributed by atoms with Crippen LogP contribution in [0.4, 0.5) is 5.69 Å². The minimum Gasteiger partial charge on any atom is -0.381 e. The first-order valence-corrected chi connectivity index (χ1v) is 5.90. The van der Waals surface area contributed by atoms with Gasteiger partial charge in [-0.3, -0.25) is 0 Å². The van der Waals surface area contributed by atoms with Gasteiger partial charge in [-0.05, 0) is 43.4 Å². The van der Waals surface area contributed by atoms with Crippen LogP contribution in [0, 0.1) is 0 Å². The molecule has 0 bridgehead atoms. The number of benzene rings is 1. The highest BCUT2D eigenvalue weighted by Gasteiger charge is 2.23. The lowest BCUT2D eigenvalue weighted by Crippen LogP contribution is -2.35. The van der Waals surface area contributed by atoms with Crippen LogP contribution in [0.2, 0.25) is 0 Å². The van der Waals surface area contributed by atoms with E-state index in [1.807, 2.05) is 0 Å². The second-order valence-electron chi connectivity index (χ2n) is 4.40. The van der Waals surface area contributed by atoms with Gasteiger partial charge in [-0.25, -0.2) is 0 Å². The summed E-state index contributed by atoms with van der Waals surface area (Å²) >= 11 is 0. The first-order valence-electron chi connectivity index (χ1n) is 5.90. The van der Waals surface area contributed by atoms with Crippen molar-refractivity contribution in [3.8, 4) is 0 Å². The summed E-state index contributed by atoms with van der Waals surface area (Å²) in [4.78, 5) is 0. The van der Waals surface area contributed by atoms with Crippen LogP contribution in [0.5, 0.6) is 0 Å². The quantitative estimate of drug-likeness (QED) is 0.794. The zero-order valence-electron chi connectivity index (χ0n) is 9.37. The Kier molecular flexibility index (Phi) is 3.27. The molecule has 1 aliphatic rings. The molecule has 0 spiro atoms. The summed E-state index contributed by atoms with van der Waals surface area (Å²) in [5.41, 5.74) is 8.61. The average Bonchev–Trinajstić information content (AvgIpc) is 2.66. The van der Waals surface area contributed by atoms with E-state index in [-0.39, 0.29) is 0 Å². The minimum absolute atomic E-state index is 0.329. The van der Waals surface area contributed by atoms with E-state index >= 15 is 0 Å². The highest BCUT2D eigenvalue weighted by atomic mass is 15.0. The Morgan fingerprint density at radius 2 is 2.00 bits per heavy atom.